The number of ether oxygens (including phenoxy) is 2. The summed E-state index contributed by atoms with van der Waals surface area (Å²) in [5, 5.41) is 0. The molecule has 1 aromatic carbocycles. The summed E-state index contributed by atoms with van der Waals surface area (Å²) in [4.78, 5) is 0. The minimum atomic E-state index is -0.292. The standard InChI is InChI=1S/C11H13BO4/c1-7-8(2)16-12(15-7)9-3-4-10-11(5-9)14-6-13-10/h3-5,7-8H,6H2,1-2H3. The maximum atomic E-state index is 5.70. The Morgan fingerprint density at radius 1 is 1.06 bits per heavy atom. The Hall–Kier alpha value is -1.20. The molecule has 2 heterocycles. The van der Waals surface area contributed by atoms with Crippen LogP contribution in [0.4, 0.5) is 0 Å². The third-order valence-electron chi connectivity index (χ3n) is 3.01. The summed E-state index contributed by atoms with van der Waals surface area (Å²) >= 11 is 0. The van der Waals surface area contributed by atoms with Crippen LogP contribution in [0.3, 0.4) is 0 Å². The molecule has 2 aliphatic rings. The van der Waals surface area contributed by atoms with Crippen LogP contribution in [0.2, 0.25) is 0 Å². The fourth-order valence-corrected chi connectivity index (χ4v) is 1.86. The number of hydrogen-bond acceptors (Lipinski definition) is 4. The first-order valence-corrected chi connectivity index (χ1v) is 5.44. The highest BCUT2D eigenvalue weighted by atomic mass is 16.7. The summed E-state index contributed by atoms with van der Waals surface area (Å²) in [6, 6.07) is 5.75. The molecule has 5 heteroatoms. The average Bonchev–Trinajstić information content (AvgIpc) is 2.85. The monoisotopic (exact) mass is 220 g/mol. The maximum Gasteiger partial charge on any atom is 0.494 e. The minimum Gasteiger partial charge on any atom is -0.454 e. The highest BCUT2D eigenvalue weighted by Crippen LogP contribution is 2.30. The molecule has 0 radical (unpaired) electrons. The summed E-state index contributed by atoms with van der Waals surface area (Å²) in [5.41, 5.74) is 0.973. The molecule has 0 saturated carbocycles. The van der Waals surface area contributed by atoms with Crippen molar-refractivity contribution in [2.75, 3.05) is 6.79 Å². The zero-order chi connectivity index (χ0) is 11.1. The largest absolute Gasteiger partial charge is 0.494 e. The number of hydrogen-bond donors (Lipinski definition) is 0. The molecule has 0 aromatic heterocycles. The van der Waals surface area contributed by atoms with Gasteiger partial charge in [-0.1, -0.05) is 6.07 Å². The lowest BCUT2D eigenvalue weighted by Crippen LogP contribution is -2.32. The van der Waals surface area contributed by atoms with Crippen LogP contribution in [0.15, 0.2) is 18.2 Å². The predicted octanol–water partition coefficient (Wildman–Crippen LogP) is 0.934. The van der Waals surface area contributed by atoms with Gasteiger partial charge in [-0.15, -0.1) is 0 Å². The van der Waals surface area contributed by atoms with Crippen LogP contribution in [-0.4, -0.2) is 26.1 Å². The first-order chi connectivity index (χ1) is 7.74. The molecule has 0 amide bonds. The van der Waals surface area contributed by atoms with Crippen molar-refractivity contribution in [3.63, 3.8) is 0 Å². The van der Waals surface area contributed by atoms with Gasteiger partial charge in [0.25, 0.3) is 0 Å². The Kier molecular flexibility index (Phi) is 2.30. The van der Waals surface area contributed by atoms with E-state index in [4.69, 9.17) is 18.8 Å². The fourth-order valence-electron chi connectivity index (χ4n) is 1.86. The van der Waals surface area contributed by atoms with E-state index in [0.717, 1.165) is 17.0 Å². The van der Waals surface area contributed by atoms with E-state index in [1.807, 2.05) is 32.0 Å². The second-order valence-corrected chi connectivity index (χ2v) is 4.13. The fraction of sp³-hybridized carbons (Fsp3) is 0.455. The number of benzene rings is 1. The van der Waals surface area contributed by atoms with E-state index in [2.05, 4.69) is 0 Å². The van der Waals surface area contributed by atoms with Crippen molar-refractivity contribution in [1.29, 1.82) is 0 Å². The van der Waals surface area contributed by atoms with Gasteiger partial charge in [-0.2, -0.15) is 0 Å². The van der Waals surface area contributed by atoms with Gasteiger partial charge in [0.15, 0.2) is 11.5 Å². The van der Waals surface area contributed by atoms with Gasteiger partial charge in [0.05, 0.1) is 12.2 Å². The van der Waals surface area contributed by atoms with Crippen LogP contribution < -0.4 is 14.9 Å². The smallest absolute Gasteiger partial charge is 0.454 e. The lowest BCUT2D eigenvalue weighted by atomic mass is 9.79. The lowest BCUT2D eigenvalue weighted by molar-refractivity contribution is 0.174. The van der Waals surface area contributed by atoms with Crippen molar-refractivity contribution < 1.29 is 18.8 Å². The van der Waals surface area contributed by atoms with Crippen molar-refractivity contribution in [3.8, 4) is 11.5 Å². The molecule has 0 N–H and O–H groups in total. The third kappa shape index (κ3) is 1.56. The molecule has 0 bridgehead atoms. The molecule has 4 nitrogen and oxygen atoms in total. The van der Waals surface area contributed by atoms with Crippen molar-refractivity contribution >= 4 is 12.6 Å². The van der Waals surface area contributed by atoms with E-state index in [1.165, 1.54) is 0 Å². The second kappa shape index (κ2) is 3.68. The van der Waals surface area contributed by atoms with Crippen molar-refractivity contribution in [2.24, 2.45) is 0 Å². The zero-order valence-corrected chi connectivity index (χ0v) is 9.30. The molecule has 16 heavy (non-hydrogen) atoms. The van der Waals surface area contributed by atoms with Crippen LogP contribution in [0.25, 0.3) is 0 Å². The van der Waals surface area contributed by atoms with Crippen LogP contribution in [-0.2, 0) is 9.31 Å². The maximum absolute atomic E-state index is 5.70. The van der Waals surface area contributed by atoms with Crippen molar-refractivity contribution in [2.45, 2.75) is 26.1 Å². The van der Waals surface area contributed by atoms with Gasteiger partial charge in [0.1, 0.15) is 0 Å². The van der Waals surface area contributed by atoms with Crippen LogP contribution in [0.5, 0.6) is 11.5 Å². The van der Waals surface area contributed by atoms with E-state index >= 15 is 0 Å². The topological polar surface area (TPSA) is 36.9 Å². The van der Waals surface area contributed by atoms with Gasteiger partial charge < -0.3 is 18.8 Å². The Balaban J connectivity index is 1.85. The van der Waals surface area contributed by atoms with Crippen LogP contribution in [0, 0.1) is 0 Å². The van der Waals surface area contributed by atoms with Gasteiger partial charge in [0.2, 0.25) is 6.79 Å². The van der Waals surface area contributed by atoms with Gasteiger partial charge in [-0.25, -0.2) is 0 Å². The van der Waals surface area contributed by atoms with Gasteiger partial charge >= 0.3 is 7.12 Å². The molecule has 0 spiro atoms. The molecular formula is C11H13BO4. The first-order valence-electron chi connectivity index (χ1n) is 5.44. The number of fused-ring (bicyclic) bond motifs is 1. The summed E-state index contributed by atoms with van der Waals surface area (Å²) in [6.45, 7) is 4.31. The molecule has 1 fully saturated rings. The van der Waals surface area contributed by atoms with Gasteiger partial charge in [-0.05, 0) is 31.4 Å². The van der Waals surface area contributed by atoms with Crippen LogP contribution >= 0.6 is 0 Å². The highest BCUT2D eigenvalue weighted by molar-refractivity contribution is 6.62. The molecule has 3 rings (SSSR count). The van der Waals surface area contributed by atoms with E-state index in [0.29, 0.717) is 0 Å². The SMILES string of the molecule is CC1OB(c2ccc3c(c2)OCO3)OC1C. The van der Waals surface area contributed by atoms with Gasteiger partial charge in [-0.3, -0.25) is 0 Å². The summed E-state index contributed by atoms with van der Waals surface area (Å²) in [5.74, 6) is 1.54. The van der Waals surface area contributed by atoms with E-state index in [9.17, 15) is 0 Å². The Morgan fingerprint density at radius 3 is 2.50 bits per heavy atom. The first kappa shape index (κ1) is 9.99. The molecular weight excluding hydrogens is 207 g/mol. The van der Waals surface area contributed by atoms with Crippen molar-refractivity contribution in [3.05, 3.63) is 18.2 Å². The Bertz CT molecular complexity index is 399. The second-order valence-electron chi connectivity index (χ2n) is 4.13. The van der Waals surface area contributed by atoms with Crippen LogP contribution in [0.1, 0.15) is 13.8 Å². The zero-order valence-electron chi connectivity index (χ0n) is 9.30. The van der Waals surface area contributed by atoms with E-state index in [1.54, 1.807) is 0 Å². The third-order valence-corrected chi connectivity index (χ3v) is 3.01. The van der Waals surface area contributed by atoms with E-state index < -0.39 is 0 Å². The predicted molar refractivity (Wildman–Crippen MR) is 59.0 cm³/mol. The Labute approximate surface area is 94.6 Å². The Morgan fingerprint density at radius 2 is 1.75 bits per heavy atom. The molecule has 2 unspecified atom stereocenters. The molecule has 0 aliphatic carbocycles. The van der Waals surface area contributed by atoms with Gasteiger partial charge in [0, 0.05) is 0 Å². The van der Waals surface area contributed by atoms with E-state index in [-0.39, 0.29) is 26.1 Å². The normalized spacial score (nSPS) is 27.5. The quantitative estimate of drug-likeness (QED) is 0.660. The molecule has 2 aliphatic heterocycles. The summed E-state index contributed by atoms with van der Waals surface area (Å²) < 4.78 is 22.0. The molecule has 2 atom stereocenters. The summed E-state index contributed by atoms with van der Waals surface area (Å²) in [7, 11) is -0.292. The molecule has 84 valence electrons. The highest BCUT2D eigenvalue weighted by Gasteiger charge is 2.36. The molecule has 1 saturated heterocycles. The summed E-state index contributed by atoms with van der Waals surface area (Å²) in [6.07, 6.45) is 0.242. The van der Waals surface area contributed by atoms with Crippen molar-refractivity contribution in [1.82, 2.24) is 0 Å². The molecule has 1 aromatic rings. The number of rotatable bonds is 1. The lowest BCUT2D eigenvalue weighted by Gasteiger charge is -2.05. The average molecular weight is 220 g/mol. The minimum absolute atomic E-state index is 0.121.